The van der Waals surface area contributed by atoms with Gasteiger partial charge < -0.3 is 10.1 Å². The summed E-state index contributed by atoms with van der Waals surface area (Å²) in [6, 6.07) is 12.6. The van der Waals surface area contributed by atoms with Crippen molar-refractivity contribution in [1.29, 1.82) is 0 Å². The van der Waals surface area contributed by atoms with Gasteiger partial charge in [0, 0.05) is 5.02 Å². The van der Waals surface area contributed by atoms with Crippen molar-refractivity contribution >= 4 is 17.5 Å². The van der Waals surface area contributed by atoms with Crippen LogP contribution < -0.4 is 10.1 Å². The van der Waals surface area contributed by atoms with Gasteiger partial charge in [-0.2, -0.15) is 8.78 Å². The van der Waals surface area contributed by atoms with Crippen LogP contribution in [0, 0.1) is 0 Å². The molecule has 0 heterocycles. The molecule has 0 saturated heterocycles. The van der Waals surface area contributed by atoms with Crippen molar-refractivity contribution in [3.63, 3.8) is 0 Å². The molecule has 0 aliphatic rings. The average Bonchev–Trinajstić information content (AvgIpc) is 2.47. The molecule has 0 bridgehead atoms. The molecule has 0 aliphatic carbocycles. The standard InChI is InChI=1S/C16H14ClF2NO2/c1-10(11-5-4-6-12(17)9-11)20-15(21)13-7-2-3-8-14(13)22-16(18)19/h2-10,16H,1H3,(H,20,21). The van der Waals surface area contributed by atoms with Crippen molar-refractivity contribution in [3.05, 3.63) is 64.7 Å². The number of carbonyl (C=O) groups is 1. The third-order valence-corrected chi connectivity index (χ3v) is 3.28. The topological polar surface area (TPSA) is 38.3 Å². The summed E-state index contributed by atoms with van der Waals surface area (Å²) in [6.45, 7) is -1.21. The van der Waals surface area contributed by atoms with Gasteiger partial charge in [0.2, 0.25) is 0 Å². The molecule has 116 valence electrons. The van der Waals surface area contributed by atoms with E-state index in [2.05, 4.69) is 10.1 Å². The first-order valence-electron chi connectivity index (χ1n) is 6.57. The van der Waals surface area contributed by atoms with Gasteiger partial charge in [-0.05, 0) is 36.8 Å². The van der Waals surface area contributed by atoms with Crippen molar-refractivity contribution in [1.82, 2.24) is 5.32 Å². The van der Waals surface area contributed by atoms with E-state index in [-0.39, 0.29) is 17.4 Å². The van der Waals surface area contributed by atoms with Crippen molar-refractivity contribution in [2.45, 2.75) is 19.6 Å². The van der Waals surface area contributed by atoms with Crippen LogP contribution in [-0.2, 0) is 0 Å². The minimum atomic E-state index is -2.99. The average molecular weight is 326 g/mol. The fraction of sp³-hybridized carbons (Fsp3) is 0.188. The first-order chi connectivity index (χ1) is 10.5. The van der Waals surface area contributed by atoms with Crippen molar-refractivity contribution < 1.29 is 18.3 Å². The van der Waals surface area contributed by atoms with E-state index in [1.807, 2.05) is 6.07 Å². The Morgan fingerprint density at radius 3 is 2.59 bits per heavy atom. The van der Waals surface area contributed by atoms with Crippen LogP contribution in [0.5, 0.6) is 5.75 Å². The van der Waals surface area contributed by atoms with Crippen LogP contribution in [0.15, 0.2) is 48.5 Å². The second-order valence-electron chi connectivity index (χ2n) is 4.62. The van der Waals surface area contributed by atoms with Crippen molar-refractivity contribution in [3.8, 4) is 5.75 Å². The van der Waals surface area contributed by atoms with Gasteiger partial charge in [0.05, 0.1) is 11.6 Å². The summed E-state index contributed by atoms with van der Waals surface area (Å²) in [6.07, 6.45) is 0. The van der Waals surface area contributed by atoms with Crippen LogP contribution in [0.1, 0.15) is 28.9 Å². The summed E-state index contributed by atoms with van der Waals surface area (Å²) in [5.74, 6) is -0.656. The van der Waals surface area contributed by atoms with Crippen molar-refractivity contribution in [2.75, 3.05) is 0 Å². The zero-order valence-corrected chi connectivity index (χ0v) is 12.5. The largest absolute Gasteiger partial charge is 0.434 e. The van der Waals surface area contributed by atoms with Gasteiger partial charge in [0.25, 0.3) is 5.91 Å². The van der Waals surface area contributed by atoms with Crippen LogP contribution in [-0.4, -0.2) is 12.5 Å². The first kappa shape index (κ1) is 16.2. The van der Waals surface area contributed by atoms with Gasteiger partial charge >= 0.3 is 6.61 Å². The summed E-state index contributed by atoms with van der Waals surface area (Å²) in [7, 11) is 0. The molecule has 1 amide bonds. The quantitative estimate of drug-likeness (QED) is 0.883. The van der Waals surface area contributed by atoms with E-state index < -0.39 is 12.5 Å². The lowest BCUT2D eigenvalue weighted by Crippen LogP contribution is -2.27. The Kier molecular flexibility index (Phi) is 5.33. The minimum Gasteiger partial charge on any atom is -0.434 e. The highest BCUT2D eigenvalue weighted by atomic mass is 35.5. The summed E-state index contributed by atoms with van der Waals surface area (Å²) < 4.78 is 29.1. The van der Waals surface area contributed by atoms with Gasteiger partial charge in [-0.15, -0.1) is 0 Å². The van der Waals surface area contributed by atoms with Crippen LogP contribution in [0.2, 0.25) is 5.02 Å². The maximum absolute atomic E-state index is 12.4. The Hall–Kier alpha value is -2.14. The monoisotopic (exact) mass is 325 g/mol. The summed E-state index contributed by atoms with van der Waals surface area (Å²) >= 11 is 5.91. The molecule has 0 aromatic heterocycles. The molecule has 1 unspecified atom stereocenters. The highest BCUT2D eigenvalue weighted by molar-refractivity contribution is 6.30. The molecule has 6 heteroatoms. The van der Waals surface area contributed by atoms with Crippen LogP contribution >= 0.6 is 11.6 Å². The summed E-state index contributed by atoms with van der Waals surface area (Å²) in [5, 5.41) is 3.29. The zero-order chi connectivity index (χ0) is 16.1. The Morgan fingerprint density at radius 2 is 1.91 bits per heavy atom. The Bertz CT molecular complexity index is 664. The second-order valence-corrected chi connectivity index (χ2v) is 5.06. The predicted octanol–water partition coefficient (Wildman–Crippen LogP) is 4.43. The van der Waals surface area contributed by atoms with Crippen LogP contribution in [0.3, 0.4) is 0 Å². The fourth-order valence-corrected chi connectivity index (χ4v) is 2.19. The highest BCUT2D eigenvalue weighted by Crippen LogP contribution is 2.22. The normalized spacial score (nSPS) is 12.0. The number of ether oxygens (including phenoxy) is 1. The van der Waals surface area contributed by atoms with E-state index in [0.717, 1.165) is 5.56 Å². The third-order valence-electron chi connectivity index (χ3n) is 3.04. The smallest absolute Gasteiger partial charge is 0.387 e. The van der Waals surface area contributed by atoms with E-state index in [1.165, 1.54) is 18.2 Å². The van der Waals surface area contributed by atoms with Crippen LogP contribution in [0.4, 0.5) is 8.78 Å². The number of nitrogens with one attached hydrogen (secondary N) is 1. The fourth-order valence-electron chi connectivity index (χ4n) is 1.99. The van der Waals surface area contributed by atoms with E-state index in [1.54, 1.807) is 31.2 Å². The summed E-state index contributed by atoms with van der Waals surface area (Å²) in [4.78, 5) is 12.2. The van der Waals surface area contributed by atoms with Gasteiger partial charge in [0.1, 0.15) is 5.75 Å². The molecule has 2 rings (SSSR count). The molecule has 0 saturated carbocycles. The third kappa shape index (κ3) is 4.18. The molecular weight excluding hydrogens is 312 g/mol. The maximum Gasteiger partial charge on any atom is 0.387 e. The molecule has 2 aromatic rings. The Morgan fingerprint density at radius 1 is 1.18 bits per heavy atom. The van der Waals surface area contributed by atoms with Crippen LogP contribution in [0.25, 0.3) is 0 Å². The number of hydrogen-bond acceptors (Lipinski definition) is 2. The number of rotatable bonds is 5. The maximum atomic E-state index is 12.4. The van der Waals surface area contributed by atoms with E-state index in [9.17, 15) is 13.6 Å². The van der Waals surface area contributed by atoms with Gasteiger partial charge in [-0.3, -0.25) is 4.79 Å². The number of para-hydroxylation sites is 1. The number of amides is 1. The Balaban J connectivity index is 2.15. The van der Waals surface area contributed by atoms with Gasteiger partial charge in [0.15, 0.2) is 0 Å². The zero-order valence-electron chi connectivity index (χ0n) is 11.7. The summed E-state index contributed by atoms with van der Waals surface area (Å²) in [5.41, 5.74) is 0.866. The highest BCUT2D eigenvalue weighted by Gasteiger charge is 2.17. The molecule has 0 aliphatic heterocycles. The SMILES string of the molecule is CC(NC(=O)c1ccccc1OC(F)F)c1cccc(Cl)c1. The lowest BCUT2D eigenvalue weighted by atomic mass is 10.1. The van der Waals surface area contributed by atoms with E-state index >= 15 is 0 Å². The molecule has 22 heavy (non-hydrogen) atoms. The molecular formula is C16H14ClF2NO2. The Labute approximate surface area is 131 Å². The van der Waals surface area contributed by atoms with Gasteiger partial charge in [-0.25, -0.2) is 0 Å². The molecule has 3 nitrogen and oxygen atoms in total. The number of hydrogen-bond donors (Lipinski definition) is 1. The van der Waals surface area contributed by atoms with Gasteiger partial charge in [-0.1, -0.05) is 35.9 Å². The number of carbonyl (C=O) groups excluding carboxylic acids is 1. The first-order valence-corrected chi connectivity index (χ1v) is 6.95. The molecule has 0 fully saturated rings. The molecule has 0 spiro atoms. The minimum absolute atomic E-state index is 0.0525. The van der Waals surface area contributed by atoms with E-state index in [4.69, 9.17) is 11.6 Å². The second kappa shape index (κ2) is 7.22. The molecule has 1 atom stereocenters. The van der Waals surface area contributed by atoms with Crippen molar-refractivity contribution in [2.24, 2.45) is 0 Å². The lowest BCUT2D eigenvalue weighted by Gasteiger charge is -2.16. The molecule has 1 N–H and O–H groups in total. The molecule has 2 aromatic carbocycles. The number of halogens is 3. The van der Waals surface area contributed by atoms with E-state index in [0.29, 0.717) is 5.02 Å². The predicted molar refractivity (Wildman–Crippen MR) is 80.4 cm³/mol. The molecule has 0 radical (unpaired) electrons. The lowest BCUT2D eigenvalue weighted by molar-refractivity contribution is -0.0501. The number of alkyl halides is 2. The number of benzene rings is 2.